The standard InChI is InChI=1S/C24H41N5O/c1-6-25-24(27-16-21-10-8-14-29(18-21)17-19(2)3)26-13-12-20-9-7-11-22(15-20)23(30)28(4)5/h7,9,11,15,19,21H,6,8,10,12-14,16-18H2,1-5H3,(H2,25,26,27). The lowest BCUT2D eigenvalue weighted by Crippen LogP contribution is -2.41. The Morgan fingerprint density at radius 2 is 2.10 bits per heavy atom. The van der Waals surface area contributed by atoms with E-state index in [0.29, 0.717) is 5.92 Å². The second-order valence-corrected chi connectivity index (χ2v) is 8.96. The van der Waals surface area contributed by atoms with Crippen molar-refractivity contribution >= 4 is 11.9 Å². The van der Waals surface area contributed by atoms with Crippen molar-refractivity contribution in [3.63, 3.8) is 0 Å². The van der Waals surface area contributed by atoms with Gasteiger partial charge in [0.05, 0.1) is 0 Å². The van der Waals surface area contributed by atoms with Gasteiger partial charge in [-0.25, -0.2) is 0 Å². The summed E-state index contributed by atoms with van der Waals surface area (Å²) in [5.41, 5.74) is 1.89. The van der Waals surface area contributed by atoms with Crippen LogP contribution in [0, 0.1) is 11.8 Å². The molecular weight excluding hydrogens is 374 g/mol. The first-order chi connectivity index (χ1) is 14.4. The van der Waals surface area contributed by atoms with Gasteiger partial charge in [-0.1, -0.05) is 26.0 Å². The van der Waals surface area contributed by atoms with Gasteiger partial charge in [-0.15, -0.1) is 0 Å². The van der Waals surface area contributed by atoms with Gasteiger partial charge < -0.3 is 20.4 Å². The van der Waals surface area contributed by atoms with Crippen LogP contribution in [-0.4, -0.2) is 75.0 Å². The van der Waals surface area contributed by atoms with Gasteiger partial charge >= 0.3 is 0 Å². The molecule has 1 fully saturated rings. The van der Waals surface area contributed by atoms with E-state index in [9.17, 15) is 4.79 Å². The van der Waals surface area contributed by atoms with Crippen LogP contribution in [0.15, 0.2) is 29.3 Å². The van der Waals surface area contributed by atoms with Crippen LogP contribution in [0.4, 0.5) is 0 Å². The van der Waals surface area contributed by atoms with Gasteiger partial charge in [0.1, 0.15) is 0 Å². The fourth-order valence-electron chi connectivity index (χ4n) is 3.99. The summed E-state index contributed by atoms with van der Waals surface area (Å²) >= 11 is 0. The highest BCUT2D eigenvalue weighted by Crippen LogP contribution is 2.17. The van der Waals surface area contributed by atoms with E-state index in [4.69, 9.17) is 4.99 Å². The van der Waals surface area contributed by atoms with Crippen molar-refractivity contribution in [3.05, 3.63) is 35.4 Å². The highest BCUT2D eigenvalue weighted by Gasteiger charge is 2.20. The van der Waals surface area contributed by atoms with E-state index in [1.807, 2.05) is 18.2 Å². The molecule has 0 saturated carbocycles. The number of amides is 1. The molecule has 0 bridgehead atoms. The number of hydrogen-bond donors (Lipinski definition) is 2. The van der Waals surface area contributed by atoms with Gasteiger partial charge in [-0.2, -0.15) is 0 Å². The number of aliphatic imine (C=N–C) groups is 1. The Balaban J connectivity index is 1.85. The summed E-state index contributed by atoms with van der Waals surface area (Å²) < 4.78 is 0. The number of piperidine rings is 1. The maximum absolute atomic E-state index is 12.2. The van der Waals surface area contributed by atoms with Gasteiger partial charge in [0, 0.05) is 52.4 Å². The van der Waals surface area contributed by atoms with Gasteiger partial charge in [-0.3, -0.25) is 9.79 Å². The summed E-state index contributed by atoms with van der Waals surface area (Å²) in [6.45, 7) is 12.8. The topological polar surface area (TPSA) is 60.0 Å². The van der Waals surface area contributed by atoms with E-state index >= 15 is 0 Å². The summed E-state index contributed by atoms with van der Waals surface area (Å²) in [6, 6.07) is 7.89. The minimum absolute atomic E-state index is 0.0405. The molecule has 1 heterocycles. The number of hydrogen-bond acceptors (Lipinski definition) is 3. The Labute approximate surface area is 183 Å². The SMILES string of the molecule is CCNC(=NCC1CCCN(CC(C)C)C1)NCCc1cccc(C(=O)N(C)C)c1. The molecule has 0 radical (unpaired) electrons. The van der Waals surface area contributed by atoms with Crippen LogP contribution >= 0.6 is 0 Å². The first-order valence-electron chi connectivity index (χ1n) is 11.4. The highest BCUT2D eigenvalue weighted by molar-refractivity contribution is 5.94. The Hall–Kier alpha value is -2.08. The predicted molar refractivity (Wildman–Crippen MR) is 126 cm³/mol. The molecule has 30 heavy (non-hydrogen) atoms. The Morgan fingerprint density at radius 1 is 1.30 bits per heavy atom. The summed E-state index contributed by atoms with van der Waals surface area (Å²) in [4.78, 5) is 21.2. The molecule has 1 aromatic rings. The van der Waals surface area contributed by atoms with E-state index in [2.05, 4.69) is 42.4 Å². The lowest BCUT2D eigenvalue weighted by atomic mass is 9.97. The van der Waals surface area contributed by atoms with Crippen LogP contribution in [0.5, 0.6) is 0 Å². The van der Waals surface area contributed by atoms with Crippen LogP contribution in [0.1, 0.15) is 49.5 Å². The lowest BCUT2D eigenvalue weighted by Gasteiger charge is -2.33. The third-order valence-electron chi connectivity index (χ3n) is 5.36. The molecule has 0 aromatic heterocycles. The molecule has 1 atom stereocenters. The normalized spacial score (nSPS) is 17.8. The summed E-state index contributed by atoms with van der Waals surface area (Å²) in [6.07, 6.45) is 3.40. The van der Waals surface area contributed by atoms with Crippen LogP contribution in [0.2, 0.25) is 0 Å². The molecular formula is C24H41N5O. The zero-order chi connectivity index (χ0) is 21.9. The molecule has 1 saturated heterocycles. The maximum Gasteiger partial charge on any atom is 0.253 e. The van der Waals surface area contributed by atoms with Crippen molar-refractivity contribution in [1.82, 2.24) is 20.4 Å². The van der Waals surface area contributed by atoms with Crippen molar-refractivity contribution in [2.45, 2.75) is 40.0 Å². The van der Waals surface area contributed by atoms with Crippen molar-refractivity contribution in [2.24, 2.45) is 16.8 Å². The number of rotatable bonds is 9. The third-order valence-corrected chi connectivity index (χ3v) is 5.36. The van der Waals surface area contributed by atoms with Crippen LogP contribution in [0.25, 0.3) is 0 Å². The third kappa shape index (κ3) is 8.34. The average Bonchev–Trinajstić information content (AvgIpc) is 2.71. The molecule has 0 aliphatic carbocycles. The van der Waals surface area contributed by atoms with Crippen molar-refractivity contribution < 1.29 is 4.79 Å². The molecule has 2 rings (SSSR count). The molecule has 6 heteroatoms. The van der Waals surface area contributed by atoms with Gasteiger partial charge in [0.15, 0.2) is 5.96 Å². The molecule has 0 spiro atoms. The minimum atomic E-state index is 0.0405. The number of benzene rings is 1. The molecule has 1 aliphatic heterocycles. The Kier molecular flexibility index (Phi) is 10.1. The molecule has 6 nitrogen and oxygen atoms in total. The predicted octanol–water partition coefficient (Wildman–Crippen LogP) is 2.85. The zero-order valence-electron chi connectivity index (χ0n) is 19.6. The van der Waals surface area contributed by atoms with Crippen molar-refractivity contribution in [1.29, 1.82) is 0 Å². The second-order valence-electron chi connectivity index (χ2n) is 8.96. The van der Waals surface area contributed by atoms with Crippen LogP contribution in [-0.2, 0) is 6.42 Å². The number of guanidine groups is 1. The Bertz CT molecular complexity index is 686. The van der Waals surface area contributed by atoms with Crippen LogP contribution in [0.3, 0.4) is 0 Å². The van der Waals surface area contributed by atoms with E-state index in [-0.39, 0.29) is 5.91 Å². The number of likely N-dealkylation sites (tertiary alicyclic amines) is 1. The lowest BCUT2D eigenvalue weighted by molar-refractivity contribution is 0.0827. The molecule has 168 valence electrons. The van der Waals surface area contributed by atoms with Gasteiger partial charge in [0.2, 0.25) is 0 Å². The monoisotopic (exact) mass is 415 g/mol. The molecule has 1 aromatic carbocycles. The maximum atomic E-state index is 12.2. The number of nitrogens with one attached hydrogen (secondary N) is 2. The number of carbonyl (C=O) groups is 1. The summed E-state index contributed by atoms with van der Waals surface area (Å²) in [7, 11) is 3.56. The molecule has 1 unspecified atom stereocenters. The fraction of sp³-hybridized carbons (Fsp3) is 0.667. The molecule has 2 N–H and O–H groups in total. The van der Waals surface area contributed by atoms with Crippen LogP contribution < -0.4 is 10.6 Å². The average molecular weight is 416 g/mol. The fourth-order valence-corrected chi connectivity index (χ4v) is 3.99. The highest BCUT2D eigenvalue weighted by atomic mass is 16.2. The van der Waals surface area contributed by atoms with E-state index in [0.717, 1.165) is 55.6 Å². The summed E-state index contributed by atoms with van der Waals surface area (Å²) in [5, 5.41) is 6.81. The van der Waals surface area contributed by atoms with E-state index in [1.54, 1.807) is 19.0 Å². The zero-order valence-corrected chi connectivity index (χ0v) is 19.6. The minimum Gasteiger partial charge on any atom is -0.357 e. The quantitative estimate of drug-likeness (QED) is 0.481. The van der Waals surface area contributed by atoms with Gasteiger partial charge in [-0.05, 0) is 62.3 Å². The first-order valence-corrected chi connectivity index (χ1v) is 11.4. The van der Waals surface area contributed by atoms with Crippen molar-refractivity contribution in [2.75, 3.05) is 53.4 Å². The smallest absolute Gasteiger partial charge is 0.253 e. The number of carbonyl (C=O) groups excluding carboxylic acids is 1. The van der Waals surface area contributed by atoms with E-state index < -0.39 is 0 Å². The number of nitrogens with zero attached hydrogens (tertiary/aromatic N) is 3. The second kappa shape index (κ2) is 12.6. The molecule has 1 amide bonds. The van der Waals surface area contributed by atoms with Crippen molar-refractivity contribution in [3.8, 4) is 0 Å². The Morgan fingerprint density at radius 3 is 2.80 bits per heavy atom. The van der Waals surface area contributed by atoms with E-state index in [1.165, 1.54) is 25.9 Å². The molecule has 1 aliphatic rings. The van der Waals surface area contributed by atoms with Gasteiger partial charge in [0.25, 0.3) is 5.91 Å². The summed E-state index contributed by atoms with van der Waals surface area (Å²) in [5.74, 6) is 2.29. The largest absolute Gasteiger partial charge is 0.357 e. The first kappa shape index (κ1) is 24.2.